The molecular weight excluding hydrogens is 310 g/mol. The van der Waals surface area contributed by atoms with Gasteiger partial charge in [-0.2, -0.15) is 5.26 Å². The number of nitrogens with one attached hydrogen (secondary N) is 1. The molecule has 0 saturated heterocycles. The van der Waals surface area contributed by atoms with Crippen molar-refractivity contribution in [1.82, 2.24) is 4.90 Å². The number of carbonyl (C=O) groups is 1. The molecule has 4 nitrogen and oxygen atoms in total. The molecule has 0 aliphatic heterocycles. The molecule has 1 atom stereocenters. The van der Waals surface area contributed by atoms with E-state index in [0.717, 1.165) is 5.56 Å². The number of rotatable bonds is 5. The highest BCUT2D eigenvalue weighted by molar-refractivity contribution is 6.30. The molecule has 0 unspecified atom stereocenters. The fraction of sp³-hybridized carbons (Fsp3) is 0.222. The molecule has 0 aliphatic rings. The van der Waals surface area contributed by atoms with Crippen LogP contribution in [0.4, 0.5) is 5.69 Å². The van der Waals surface area contributed by atoms with Crippen LogP contribution < -0.4 is 5.32 Å². The third-order valence-electron chi connectivity index (χ3n) is 3.62. The van der Waals surface area contributed by atoms with Gasteiger partial charge >= 0.3 is 0 Å². The van der Waals surface area contributed by atoms with Crippen LogP contribution >= 0.6 is 11.6 Å². The van der Waals surface area contributed by atoms with Crippen molar-refractivity contribution < 1.29 is 4.79 Å². The van der Waals surface area contributed by atoms with Gasteiger partial charge in [0, 0.05) is 17.3 Å². The van der Waals surface area contributed by atoms with Crippen LogP contribution in [0.5, 0.6) is 0 Å². The molecule has 23 heavy (non-hydrogen) atoms. The normalized spacial score (nSPS) is 11.8. The molecule has 0 radical (unpaired) electrons. The van der Waals surface area contributed by atoms with Crippen LogP contribution in [0.1, 0.15) is 18.1 Å². The number of hydrogen-bond donors (Lipinski definition) is 1. The maximum atomic E-state index is 12.3. The number of nitrogens with zero attached hydrogens (tertiary/aromatic N) is 2. The van der Waals surface area contributed by atoms with E-state index < -0.39 is 0 Å². The van der Waals surface area contributed by atoms with Crippen LogP contribution in [0.2, 0.25) is 5.02 Å². The van der Waals surface area contributed by atoms with Gasteiger partial charge in [0.05, 0.1) is 17.7 Å². The molecule has 1 N–H and O–H groups in total. The Morgan fingerprint density at radius 1 is 1.30 bits per heavy atom. The molecule has 118 valence electrons. The smallest absolute Gasteiger partial charge is 0.241 e. The summed E-state index contributed by atoms with van der Waals surface area (Å²) in [5.74, 6) is -0.121. The second-order valence-corrected chi connectivity index (χ2v) is 5.84. The van der Waals surface area contributed by atoms with Gasteiger partial charge in [0.25, 0.3) is 0 Å². The van der Waals surface area contributed by atoms with E-state index in [0.29, 0.717) is 22.8 Å². The summed E-state index contributed by atoms with van der Waals surface area (Å²) in [6, 6.07) is 16.2. The second kappa shape index (κ2) is 7.77. The Balaban J connectivity index is 1.99. The molecule has 0 aromatic heterocycles. The molecule has 2 aromatic carbocycles. The molecule has 2 rings (SSSR count). The summed E-state index contributed by atoms with van der Waals surface area (Å²) in [6.07, 6.45) is 0. The van der Waals surface area contributed by atoms with Gasteiger partial charge in [-0.3, -0.25) is 9.69 Å². The zero-order valence-electron chi connectivity index (χ0n) is 13.1. The minimum Gasteiger partial charge on any atom is -0.325 e. The highest BCUT2D eigenvalue weighted by Gasteiger charge is 2.18. The van der Waals surface area contributed by atoms with Crippen LogP contribution in [0, 0.1) is 11.3 Å². The Kier molecular flexibility index (Phi) is 5.75. The zero-order chi connectivity index (χ0) is 16.8. The van der Waals surface area contributed by atoms with E-state index in [2.05, 4.69) is 11.4 Å². The fourth-order valence-corrected chi connectivity index (χ4v) is 2.39. The van der Waals surface area contributed by atoms with Crippen LogP contribution in [-0.4, -0.2) is 23.9 Å². The highest BCUT2D eigenvalue weighted by atomic mass is 35.5. The van der Waals surface area contributed by atoms with Gasteiger partial charge in [-0.25, -0.2) is 0 Å². The van der Waals surface area contributed by atoms with E-state index in [9.17, 15) is 4.79 Å². The van der Waals surface area contributed by atoms with Crippen molar-refractivity contribution >= 4 is 23.2 Å². The van der Waals surface area contributed by atoms with E-state index in [1.165, 1.54) is 0 Å². The van der Waals surface area contributed by atoms with Gasteiger partial charge in [-0.15, -0.1) is 0 Å². The number of carbonyl (C=O) groups excluding carboxylic acids is 1. The molecule has 0 heterocycles. The standard InChI is InChI=1S/C18H18ClN3O/c1-13(22(2)12-15-6-3-7-16(19)9-15)18(23)21-17-8-4-5-14(10-17)11-20/h3-10,13H,12H2,1-2H3,(H,21,23)/t13-/m0/s1. The van der Waals surface area contributed by atoms with Gasteiger partial charge in [-0.1, -0.05) is 29.8 Å². The fourth-order valence-electron chi connectivity index (χ4n) is 2.17. The van der Waals surface area contributed by atoms with Crippen LogP contribution in [0.15, 0.2) is 48.5 Å². The summed E-state index contributed by atoms with van der Waals surface area (Å²) in [7, 11) is 1.89. The number of anilines is 1. The van der Waals surface area contributed by atoms with Crippen molar-refractivity contribution in [3.63, 3.8) is 0 Å². The van der Waals surface area contributed by atoms with Gasteiger partial charge in [0.15, 0.2) is 0 Å². The summed E-state index contributed by atoms with van der Waals surface area (Å²) in [6.45, 7) is 2.46. The molecule has 0 saturated carbocycles. The first-order valence-corrected chi connectivity index (χ1v) is 7.63. The van der Waals surface area contributed by atoms with Gasteiger partial charge in [0.2, 0.25) is 5.91 Å². The highest BCUT2D eigenvalue weighted by Crippen LogP contribution is 2.15. The van der Waals surface area contributed by atoms with Crippen molar-refractivity contribution in [2.75, 3.05) is 12.4 Å². The summed E-state index contributed by atoms with van der Waals surface area (Å²) in [4.78, 5) is 14.3. The van der Waals surface area contributed by atoms with Crippen molar-refractivity contribution in [3.05, 3.63) is 64.7 Å². The number of hydrogen-bond acceptors (Lipinski definition) is 3. The van der Waals surface area contributed by atoms with Crippen molar-refractivity contribution in [2.45, 2.75) is 19.5 Å². The van der Waals surface area contributed by atoms with Crippen LogP contribution in [-0.2, 0) is 11.3 Å². The van der Waals surface area contributed by atoms with E-state index in [4.69, 9.17) is 16.9 Å². The third-order valence-corrected chi connectivity index (χ3v) is 3.86. The minimum absolute atomic E-state index is 0.121. The Morgan fingerprint density at radius 3 is 2.74 bits per heavy atom. The quantitative estimate of drug-likeness (QED) is 0.911. The van der Waals surface area contributed by atoms with E-state index in [-0.39, 0.29) is 11.9 Å². The molecule has 0 fully saturated rings. The molecule has 0 spiro atoms. The maximum Gasteiger partial charge on any atom is 0.241 e. The maximum absolute atomic E-state index is 12.3. The van der Waals surface area contributed by atoms with E-state index in [1.807, 2.05) is 43.1 Å². The van der Waals surface area contributed by atoms with Gasteiger partial charge < -0.3 is 5.32 Å². The van der Waals surface area contributed by atoms with E-state index >= 15 is 0 Å². The Morgan fingerprint density at radius 2 is 2.04 bits per heavy atom. The lowest BCUT2D eigenvalue weighted by molar-refractivity contribution is -0.120. The average molecular weight is 328 g/mol. The average Bonchev–Trinajstić information content (AvgIpc) is 2.54. The number of amides is 1. The molecule has 5 heteroatoms. The summed E-state index contributed by atoms with van der Waals surface area (Å²) in [5.41, 5.74) is 2.19. The first-order valence-electron chi connectivity index (χ1n) is 7.25. The molecule has 0 bridgehead atoms. The molecule has 1 amide bonds. The molecular formula is C18H18ClN3O. The summed E-state index contributed by atoms with van der Waals surface area (Å²) in [5, 5.41) is 12.4. The Labute approximate surface area is 141 Å². The Bertz CT molecular complexity index is 739. The third kappa shape index (κ3) is 4.82. The van der Waals surface area contributed by atoms with Crippen LogP contribution in [0.25, 0.3) is 0 Å². The largest absolute Gasteiger partial charge is 0.325 e. The van der Waals surface area contributed by atoms with Gasteiger partial charge in [-0.05, 0) is 49.9 Å². The lowest BCUT2D eigenvalue weighted by Gasteiger charge is -2.24. The zero-order valence-corrected chi connectivity index (χ0v) is 13.8. The second-order valence-electron chi connectivity index (χ2n) is 5.40. The molecule has 2 aromatic rings. The Hall–Kier alpha value is -2.35. The van der Waals surface area contributed by atoms with Gasteiger partial charge in [0.1, 0.15) is 0 Å². The lowest BCUT2D eigenvalue weighted by atomic mass is 10.1. The summed E-state index contributed by atoms with van der Waals surface area (Å²) >= 11 is 5.98. The lowest BCUT2D eigenvalue weighted by Crippen LogP contribution is -2.39. The SMILES string of the molecule is C[C@@H](C(=O)Nc1cccc(C#N)c1)N(C)Cc1cccc(Cl)c1. The molecule has 0 aliphatic carbocycles. The first kappa shape index (κ1) is 17.0. The monoisotopic (exact) mass is 327 g/mol. The van der Waals surface area contributed by atoms with Crippen LogP contribution in [0.3, 0.4) is 0 Å². The number of benzene rings is 2. The first-order chi connectivity index (χ1) is 11.0. The summed E-state index contributed by atoms with van der Waals surface area (Å²) < 4.78 is 0. The number of likely N-dealkylation sites (N-methyl/N-ethyl adjacent to an activating group) is 1. The minimum atomic E-state index is -0.320. The van der Waals surface area contributed by atoms with Crippen molar-refractivity contribution in [2.24, 2.45) is 0 Å². The number of halogens is 1. The predicted octanol–water partition coefficient (Wildman–Crippen LogP) is 3.67. The van der Waals surface area contributed by atoms with Crippen molar-refractivity contribution in [3.8, 4) is 6.07 Å². The predicted molar refractivity (Wildman–Crippen MR) is 92.2 cm³/mol. The van der Waals surface area contributed by atoms with E-state index in [1.54, 1.807) is 24.3 Å². The topological polar surface area (TPSA) is 56.1 Å². The van der Waals surface area contributed by atoms with Crippen molar-refractivity contribution in [1.29, 1.82) is 5.26 Å². The number of nitriles is 1.